The minimum absolute atomic E-state index is 0.0980. The number of aromatic nitrogens is 1. The van der Waals surface area contributed by atoms with Crippen LogP contribution in [0.4, 0.5) is 11.4 Å². The molecule has 33 heavy (non-hydrogen) atoms. The average molecular weight is 441 g/mol. The monoisotopic (exact) mass is 441 g/mol. The van der Waals surface area contributed by atoms with E-state index >= 15 is 0 Å². The first kappa shape index (κ1) is 21.4. The smallest absolute Gasteiger partial charge is 0.271 e. The minimum atomic E-state index is -0.532. The van der Waals surface area contributed by atoms with Crippen molar-refractivity contribution in [3.05, 3.63) is 106 Å². The number of rotatable bonds is 7. The van der Waals surface area contributed by atoms with Crippen molar-refractivity contribution in [1.29, 1.82) is 0 Å². The van der Waals surface area contributed by atoms with Gasteiger partial charge in [-0.05, 0) is 30.3 Å². The molecule has 0 aliphatic rings. The Morgan fingerprint density at radius 3 is 2.39 bits per heavy atom. The molecule has 1 heterocycles. The van der Waals surface area contributed by atoms with E-state index in [2.05, 4.69) is 15.8 Å². The van der Waals surface area contributed by atoms with Crippen molar-refractivity contribution in [2.24, 2.45) is 5.10 Å². The number of nitrogens with one attached hydrogen (secondary N) is 2. The van der Waals surface area contributed by atoms with Gasteiger partial charge in [0.15, 0.2) is 0 Å². The van der Waals surface area contributed by atoms with Crippen molar-refractivity contribution < 1.29 is 14.5 Å². The molecule has 4 aromatic rings. The number of nitro benzene ring substituents is 1. The summed E-state index contributed by atoms with van der Waals surface area (Å²) >= 11 is 0. The number of amides is 2. The predicted molar refractivity (Wildman–Crippen MR) is 125 cm³/mol. The van der Waals surface area contributed by atoms with E-state index in [0.717, 1.165) is 22.2 Å². The van der Waals surface area contributed by atoms with Crippen LogP contribution in [0.3, 0.4) is 0 Å². The van der Waals surface area contributed by atoms with Crippen molar-refractivity contribution in [3.63, 3.8) is 0 Å². The number of nitro groups is 1. The zero-order valence-electron chi connectivity index (χ0n) is 17.3. The van der Waals surface area contributed by atoms with E-state index in [1.807, 2.05) is 59.2 Å². The molecule has 0 saturated heterocycles. The van der Waals surface area contributed by atoms with E-state index in [9.17, 15) is 19.7 Å². The highest BCUT2D eigenvalue weighted by Gasteiger charge is 2.11. The lowest BCUT2D eigenvalue weighted by atomic mass is 10.2. The molecule has 0 atom stereocenters. The van der Waals surface area contributed by atoms with Crippen LogP contribution in [-0.4, -0.2) is 27.5 Å². The Balaban J connectivity index is 1.47. The Morgan fingerprint density at radius 1 is 0.970 bits per heavy atom. The fourth-order valence-electron chi connectivity index (χ4n) is 3.35. The molecule has 0 unspecified atom stereocenters. The number of anilines is 1. The van der Waals surface area contributed by atoms with E-state index in [0.29, 0.717) is 0 Å². The molecule has 0 saturated carbocycles. The molecule has 0 fully saturated rings. The summed E-state index contributed by atoms with van der Waals surface area (Å²) in [6, 6.07) is 22.0. The fourth-order valence-corrected chi connectivity index (χ4v) is 3.35. The lowest BCUT2D eigenvalue weighted by Crippen LogP contribution is -2.18. The fraction of sp³-hybridized carbons (Fsp3) is 0.0417. The summed E-state index contributed by atoms with van der Waals surface area (Å²) in [5.41, 5.74) is 4.86. The maximum Gasteiger partial charge on any atom is 0.271 e. The third-order valence-electron chi connectivity index (χ3n) is 4.90. The zero-order chi connectivity index (χ0) is 23.2. The Hall–Kier alpha value is -4.79. The lowest BCUT2D eigenvalue weighted by molar-refractivity contribution is -0.384. The number of hydrogen-bond donors (Lipinski definition) is 2. The summed E-state index contributed by atoms with van der Waals surface area (Å²) in [6.07, 6.45) is 3.29. The quantitative estimate of drug-likeness (QED) is 0.256. The van der Waals surface area contributed by atoms with Gasteiger partial charge >= 0.3 is 0 Å². The van der Waals surface area contributed by atoms with Gasteiger partial charge in [0.25, 0.3) is 11.6 Å². The van der Waals surface area contributed by atoms with Crippen LogP contribution in [0.5, 0.6) is 0 Å². The third kappa shape index (κ3) is 5.10. The van der Waals surface area contributed by atoms with Crippen LogP contribution in [-0.2, 0) is 11.3 Å². The predicted octanol–water partition coefficient (Wildman–Crippen LogP) is 3.95. The molecule has 2 amide bonds. The molecule has 0 radical (unpaired) electrons. The second kappa shape index (κ2) is 9.56. The molecule has 0 aliphatic carbocycles. The minimum Gasteiger partial charge on any atom is -0.337 e. The Morgan fingerprint density at radius 2 is 1.67 bits per heavy atom. The molecule has 164 valence electrons. The normalized spacial score (nSPS) is 10.9. The standard InChI is InChI=1S/C24H19N5O4/c30-23(26-19-6-2-1-3-7-19)16-28-15-18(21-8-4-5-9-22(21)28)14-25-27-24(31)17-10-12-20(13-11-17)29(32)33/h1-15H,16H2,(H,26,30)(H,27,31). The van der Waals surface area contributed by atoms with Gasteiger partial charge in [0.1, 0.15) is 6.54 Å². The van der Waals surface area contributed by atoms with Gasteiger partial charge in [-0.25, -0.2) is 5.43 Å². The SMILES string of the molecule is O=C(Cn1cc(C=NNC(=O)c2ccc([N+](=O)[O-])cc2)c2ccccc21)Nc1ccccc1. The highest BCUT2D eigenvalue weighted by molar-refractivity contribution is 6.01. The number of nitrogens with zero attached hydrogens (tertiary/aromatic N) is 3. The summed E-state index contributed by atoms with van der Waals surface area (Å²) in [4.78, 5) is 34.9. The first-order valence-corrected chi connectivity index (χ1v) is 10.0. The van der Waals surface area contributed by atoms with Gasteiger partial charge in [0.2, 0.25) is 5.91 Å². The Bertz CT molecular complexity index is 1340. The van der Waals surface area contributed by atoms with Crippen LogP contribution >= 0.6 is 0 Å². The molecular formula is C24H19N5O4. The zero-order valence-corrected chi connectivity index (χ0v) is 17.3. The van der Waals surface area contributed by atoms with Crippen molar-refractivity contribution in [3.8, 4) is 0 Å². The second-order valence-electron chi connectivity index (χ2n) is 7.15. The van der Waals surface area contributed by atoms with Gasteiger partial charge in [-0.2, -0.15) is 5.10 Å². The van der Waals surface area contributed by atoms with E-state index < -0.39 is 10.8 Å². The van der Waals surface area contributed by atoms with E-state index in [1.54, 1.807) is 6.20 Å². The summed E-state index contributed by atoms with van der Waals surface area (Å²) < 4.78 is 1.81. The Kier molecular flexibility index (Phi) is 6.21. The number of non-ortho nitro benzene ring substituents is 1. The van der Waals surface area contributed by atoms with Gasteiger partial charge in [-0.3, -0.25) is 19.7 Å². The molecule has 2 N–H and O–H groups in total. The van der Waals surface area contributed by atoms with Gasteiger partial charge in [0, 0.05) is 46.0 Å². The van der Waals surface area contributed by atoms with Crippen LogP contribution in [0.15, 0.2) is 90.2 Å². The molecule has 9 heteroatoms. The lowest BCUT2D eigenvalue weighted by Gasteiger charge is -2.07. The van der Waals surface area contributed by atoms with Gasteiger partial charge in [-0.15, -0.1) is 0 Å². The number of hydrogen-bond acceptors (Lipinski definition) is 5. The van der Waals surface area contributed by atoms with E-state index in [4.69, 9.17) is 0 Å². The first-order valence-electron chi connectivity index (χ1n) is 10.0. The van der Waals surface area contributed by atoms with Crippen LogP contribution in [0, 0.1) is 10.1 Å². The number of para-hydroxylation sites is 2. The second-order valence-corrected chi connectivity index (χ2v) is 7.15. The molecule has 0 aliphatic heterocycles. The van der Waals surface area contributed by atoms with Crippen molar-refractivity contribution in [2.45, 2.75) is 6.54 Å². The molecule has 4 rings (SSSR count). The number of benzene rings is 3. The third-order valence-corrected chi connectivity index (χ3v) is 4.90. The van der Waals surface area contributed by atoms with Crippen molar-refractivity contribution in [1.82, 2.24) is 9.99 Å². The van der Waals surface area contributed by atoms with Gasteiger partial charge in [-0.1, -0.05) is 36.4 Å². The molecule has 3 aromatic carbocycles. The van der Waals surface area contributed by atoms with Crippen molar-refractivity contribution in [2.75, 3.05) is 5.32 Å². The molecular weight excluding hydrogens is 422 g/mol. The topological polar surface area (TPSA) is 119 Å². The summed E-state index contributed by atoms with van der Waals surface area (Å²) in [6.45, 7) is 0.110. The van der Waals surface area contributed by atoms with Crippen LogP contribution in [0.2, 0.25) is 0 Å². The van der Waals surface area contributed by atoms with E-state index in [-0.39, 0.29) is 23.7 Å². The molecule has 9 nitrogen and oxygen atoms in total. The maximum absolute atomic E-state index is 12.5. The molecule has 0 spiro atoms. The summed E-state index contributed by atoms with van der Waals surface area (Å²) in [5.74, 6) is -0.663. The first-order chi connectivity index (χ1) is 16.0. The highest BCUT2D eigenvalue weighted by Crippen LogP contribution is 2.20. The van der Waals surface area contributed by atoms with Crippen LogP contribution in [0.1, 0.15) is 15.9 Å². The van der Waals surface area contributed by atoms with Crippen LogP contribution < -0.4 is 10.7 Å². The Labute approximate surface area is 188 Å². The number of fused-ring (bicyclic) bond motifs is 1. The average Bonchev–Trinajstić information content (AvgIpc) is 3.17. The van der Waals surface area contributed by atoms with Crippen LogP contribution in [0.25, 0.3) is 10.9 Å². The maximum atomic E-state index is 12.5. The molecule has 1 aromatic heterocycles. The van der Waals surface area contributed by atoms with Gasteiger partial charge in [0.05, 0.1) is 11.1 Å². The molecule has 0 bridgehead atoms. The van der Waals surface area contributed by atoms with E-state index in [1.165, 1.54) is 30.5 Å². The summed E-state index contributed by atoms with van der Waals surface area (Å²) in [7, 11) is 0. The summed E-state index contributed by atoms with van der Waals surface area (Å²) in [5, 5.41) is 18.5. The number of carbonyl (C=O) groups excluding carboxylic acids is 2. The highest BCUT2D eigenvalue weighted by atomic mass is 16.6. The van der Waals surface area contributed by atoms with Crippen molar-refractivity contribution >= 4 is 40.3 Å². The number of hydrazone groups is 1. The number of carbonyl (C=O) groups is 2. The largest absolute Gasteiger partial charge is 0.337 e. The van der Waals surface area contributed by atoms with Gasteiger partial charge < -0.3 is 9.88 Å².